The van der Waals surface area contributed by atoms with Gasteiger partial charge in [0.1, 0.15) is 17.3 Å². The number of furan rings is 1. The van der Waals surface area contributed by atoms with Crippen LogP contribution in [0.15, 0.2) is 28.9 Å². The number of ether oxygens (including phenoxy) is 1. The van der Waals surface area contributed by atoms with Gasteiger partial charge in [-0.1, -0.05) is 13.8 Å². The molecule has 1 N–H and O–H groups in total. The number of pyridine rings is 1. The van der Waals surface area contributed by atoms with Crippen molar-refractivity contribution in [3.63, 3.8) is 0 Å². The Hall–Kier alpha value is -1.81. The van der Waals surface area contributed by atoms with E-state index in [1.54, 1.807) is 6.20 Å². The lowest BCUT2D eigenvalue weighted by molar-refractivity contribution is 0.315. The predicted molar refractivity (Wildman–Crippen MR) is 83.7 cm³/mol. The molecule has 0 aliphatic carbocycles. The zero-order valence-electron chi connectivity index (χ0n) is 13.3. The van der Waals surface area contributed by atoms with E-state index in [0.717, 1.165) is 41.4 Å². The van der Waals surface area contributed by atoms with Crippen LogP contribution in [-0.2, 0) is 0 Å². The summed E-state index contributed by atoms with van der Waals surface area (Å²) >= 11 is 0. The minimum Gasteiger partial charge on any atom is -0.492 e. The highest BCUT2D eigenvalue weighted by molar-refractivity contribution is 5.36. The van der Waals surface area contributed by atoms with E-state index in [2.05, 4.69) is 36.3 Å². The number of hydrogen-bond donors (Lipinski definition) is 1. The van der Waals surface area contributed by atoms with Crippen LogP contribution in [0, 0.1) is 13.8 Å². The van der Waals surface area contributed by atoms with E-state index in [-0.39, 0.29) is 6.04 Å². The maximum absolute atomic E-state index is 5.68. The number of hydrogen-bond acceptors (Lipinski definition) is 4. The Kier molecular flexibility index (Phi) is 5.39. The number of aryl methyl sites for hydroxylation is 2. The van der Waals surface area contributed by atoms with Crippen LogP contribution in [0.5, 0.6) is 5.75 Å². The number of aromatic nitrogens is 1. The largest absolute Gasteiger partial charge is 0.492 e. The van der Waals surface area contributed by atoms with Crippen LogP contribution < -0.4 is 10.1 Å². The van der Waals surface area contributed by atoms with Crippen molar-refractivity contribution in [2.75, 3.05) is 13.2 Å². The molecule has 114 valence electrons. The highest BCUT2D eigenvalue weighted by Crippen LogP contribution is 2.28. The first-order chi connectivity index (χ1) is 10.2. The van der Waals surface area contributed by atoms with Crippen LogP contribution in [0.25, 0.3) is 0 Å². The summed E-state index contributed by atoms with van der Waals surface area (Å²) in [6.07, 6.45) is 4.63. The Labute approximate surface area is 126 Å². The van der Waals surface area contributed by atoms with Crippen LogP contribution in [0.4, 0.5) is 0 Å². The van der Waals surface area contributed by atoms with E-state index in [1.807, 2.05) is 20.0 Å². The first-order valence-corrected chi connectivity index (χ1v) is 7.53. The molecule has 0 radical (unpaired) electrons. The smallest absolute Gasteiger partial charge is 0.137 e. The molecule has 1 atom stereocenters. The van der Waals surface area contributed by atoms with E-state index in [1.165, 1.54) is 0 Å². The predicted octanol–water partition coefficient (Wildman–Crippen LogP) is 3.78. The summed E-state index contributed by atoms with van der Waals surface area (Å²) in [5.74, 6) is 2.69. The molecule has 1 unspecified atom stereocenters. The number of nitrogens with zero attached hydrogens (tertiary/aromatic N) is 1. The minimum atomic E-state index is 0.0742. The third-order valence-corrected chi connectivity index (χ3v) is 3.34. The summed E-state index contributed by atoms with van der Waals surface area (Å²) in [7, 11) is 0. The zero-order valence-corrected chi connectivity index (χ0v) is 13.3. The summed E-state index contributed by atoms with van der Waals surface area (Å²) in [6.45, 7) is 9.74. The highest BCUT2D eigenvalue weighted by atomic mass is 16.5. The Morgan fingerprint density at radius 1 is 1.24 bits per heavy atom. The molecule has 0 aromatic carbocycles. The SMILES string of the molecule is CCCOc1cncc(C(NCC)c2cc(C)oc2C)c1. The van der Waals surface area contributed by atoms with Gasteiger partial charge >= 0.3 is 0 Å². The second-order valence-corrected chi connectivity index (χ2v) is 5.16. The molecule has 0 saturated heterocycles. The second kappa shape index (κ2) is 7.27. The van der Waals surface area contributed by atoms with Crippen LogP contribution >= 0.6 is 0 Å². The van der Waals surface area contributed by atoms with Gasteiger partial charge in [-0.2, -0.15) is 0 Å². The van der Waals surface area contributed by atoms with Gasteiger partial charge in [0, 0.05) is 11.8 Å². The van der Waals surface area contributed by atoms with Crippen molar-refractivity contribution in [3.8, 4) is 5.75 Å². The quantitative estimate of drug-likeness (QED) is 0.842. The van der Waals surface area contributed by atoms with Crippen molar-refractivity contribution in [1.29, 1.82) is 0 Å². The fourth-order valence-corrected chi connectivity index (χ4v) is 2.44. The highest BCUT2D eigenvalue weighted by Gasteiger charge is 2.19. The van der Waals surface area contributed by atoms with Crippen molar-refractivity contribution in [3.05, 3.63) is 47.2 Å². The molecule has 0 amide bonds. The van der Waals surface area contributed by atoms with Gasteiger partial charge in [0.05, 0.1) is 18.8 Å². The standard InChI is InChI=1S/C17H24N2O2/c1-5-7-20-15-9-14(10-18-11-15)17(19-6-2)16-8-12(3)21-13(16)4/h8-11,17,19H,5-7H2,1-4H3. The molecule has 0 saturated carbocycles. The lowest BCUT2D eigenvalue weighted by Crippen LogP contribution is -2.22. The van der Waals surface area contributed by atoms with Crippen molar-refractivity contribution in [2.45, 2.75) is 40.2 Å². The average molecular weight is 288 g/mol. The van der Waals surface area contributed by atoms with Gasteiger partial charge in [0.15, 0.2) is 0 Å². The van der Waals surface area contributed by atoms with Crippen molar-refractivity contribution in [1.82, 2.24) is 10.3 Å². The normalized spacial score (nSPS) is 12.4. The van der Waals surface area contributed by atoms with Crippen LogP contribution in [-0.4, -0.2) is 18.1 Å². The van der Waals surface area contributed by atoms with Gasteiger partial charge in [-0.05, 0) is 44.5 Å². The third-order valence-electron chi connectivity index (χ3n) is 3.34. The van der Waals surface area contributed by atoms with Gasteiger partial charge < -0.3 is 14.5 Å². The fraction of sp³-hybridized carbons (Fsp3) is 0.471. The summed E-state index contributed by atoms with van der Waals surface area (Å²) in [5, 5.41) is 3.50. The third kappa shape index (κ3) is 3.85. The van der Waals surface area contributed by atoms with E-state index >= 15 is 0 Å². The minimum absolute atomic E-state index is 0.0742. The molecule has 0 bridgehead atoms. The van der Waals surface area contributed by atoms with E-state index in [0.29, 0.717) is 6.61 Å². The maximum Gasteiger partial charge on any atom is 0.137 e. The molecule has 4 nitrogen and oxygen atoms in total. The molecular weight excluding hydrogens is 264 g/mol. The Morgan fingerprint density at radius 3 is 2.67 bits per heavy atom. The molecule has 2 aromatic rings. The first kappa shape index (κ1) is 15.6. The van der Waals surface area contributed by atoms with Crippen LogP contribution in [0.1, 0.15) is 49.0 Å². The first-order valence-electron chi connectivity index (χ1n) is 7.53. The molecule has 21 heavy (non-hydrogen) atoms. The summed E-state index contributed by atoms with van der Waals surface area (Å²) < 4.78 is 11.3. The molecule has 0 aliphatic rings. The summed E-state index contributed by atoms with van der Waals surface area (Å²) in [5.41, 5.74) is 2.25. The summed E-state index contributed by atoms with van der Waals surface area (Å²) in [4.78, 5) is 4.31. The lowest BCUT2D eigenvalue weighted by atomic mass is 10.0. The maximum atomic E-state index is 5.68. The van der Waals surface area contributed by atoms with Crippen molar-refractivity contribution in [2.24, 2.45) is 0 Å². The molecule has 0 spiro atoms. The number of rotatable bonds is 7. The molecule has 2 rings (SSSR count). The van der Waals surface area contributed by atoms with Crippen LogP contribution in [0.3, 0.4) is 0 Å². The summed E-state index contributed by atoms with van der Waals surface area (Å²) in [6, 6.07) is 4.21. The van der Waals surface area contributed by atoms with E-state index < -0.39 is 0 Å². The van der Waals surface area contributed by atoms with E-state index in [4.69, 9.17) is 9.15 Å². The second-order valence-electron chi connectivity index (χ2n) is 5.16. The monoisotopic (exact) mass is 288 g/mol. The number of nitrogens with one attached hydrogen (secondary N) is 1. The molecular formula is C17H24N2O2. The van der Waals surface area contributed by atoms with Gasteiger partial charge in [0.2, 0.25) is 0 Å². The molecule has 0 aliphatic heterocycles. The van der Waals surface area contributed by atoms with Gasteiger partial charge in [0.25, 0.3) is 0 Å². The Morgan fingerprint density at radius 2 is 2.05 bits per heavy atom. The molecule has 2 heterocycles. The van der Waals surface area contributed by atoms with Crippen molar-refractivity contribution >= 4 is 0 Å². The molecule has 4 heteroatoms. The van der Waals surface area contributed by atoms with Gasteiger partial charge in [-0.25, -0.2) is 0 Å². The van der Waals surface area contributed by atoms with Gasteiger partial charge in [-0.3, -0.25) is 4.98 Å². The van der Waals surface area contributed by atoms with Crippen molar-refractivity contribution < 1.29 is 9.15 Å². The average Bonchev–Trinajstić information content (AvgIpc) is 2.81. The van der Waals surface area contributed by atoms with Crippen LogP contribution in [0.2, 0.25) is 0 Å². The fourth-order valence-electron chi connectivity index (χ4n) is 2.44. The van der Waals surface area contributed by atoms with E-state index in [9.17, 15) is 0 Å². The van der Waals surface area contributed by atoms with Gasteiger partial charge in [-0.15, -0.1) is 0 Å². The Balaban J connectivity index is 2.31. The topological polar surface area (TPSA) is 47.3 Å². The molecule has 0 fully saturated rings. The zero-order chi connectivity index (χ0) is 15.2. The Bertz CT molecular complexity index is 578. The lowest BCUT2D eigenvalue weighted by Gasteiger charge is -2.18. The molecule has 2 aromatic heterocycles.